The normalized spacial score (nSPS) is 16.2. The summed E-state index contributed by atoms with van der Waals surface area (Å²) in [4.78, 5) is 18.4. The highest BCUT2D eigenvalue weighted by molar-refractivity contribution is 5.94. The van der Waals surface area contributed by atoms with Crippen LogP contribution in [0.3, 0.4) is 0 Å². The molecule has 1 aliphatic rings. The Labute approximate surface area is 157 Å². The van der Waals surface area contributed by atoms with Crippen LogP contribution in [0.25, 0.3) is 0 Å². The maximum Gasteiger partial charge on any atom is 0.256 e. The summed E-state index contributed by atoms with van der Waals surface area (Å²) in [6.07, 6.45) is 4.50. The third-order valence-electron chi connectivity index (χ3n) is 4.83. The highest BCUT2D eigenvalue weighted by Gasteiger charge is 2.29. The average Bonchev–Trinajstić information content (AvgIpc) is 3.10. The van der Waals surface area contributed by atoms with E-state index in [0.29, 0.717) is 18.7 Å². The van der Waals surface area contributed by atoms with Crippen LogP contribution in [-0.4, -0.2) is 42.2 Å². The third kappa shape index (κ3) is 3.53. The van der Waals surface area contributed by atoms with Crippen molar-refractivity contribution in [3.63, 3.8) is 0 Å². The third-order valence-corrected chi connectivity index (χ3v) is 4.83. The van der Waals surface area contributed by atoms with E-state index in [2.05, 4.69) is 38.8 Å². The summed E-state index contributed by atoms with van der Waals surface area (Å²) < 4.78 is 2.15. The van der Waals surface area contributed by atoms with Crippen molar-refractivity contribution in [1.82, 2.24) is 24.6 Å². The van der Waals surface area contributed by atoms with Gasteiger partial charge in [0.15, 0.2) is 5.82 Å². The lowest BCUT2D eigenvalue weighted by Crippen LogP contribution is -2.40. The highest BCUT2D eigenvalue weighted by Crippen LogP contribution is 2.24. The number of carbonyl (C=O) groups is 1. The second-order valence-corrected chi connectivity index (χ2v) is 6.85. The highest BCUT2D eigenvalue weighted by atomic mass is 16.3. The van der Waals surface area contributed by atoms with Gasteiger partial charge in [-0.15, -0.1) is 10.2 Å². The fraction of sp³-hybridized carbons (Fsp3) is 0.300. The molecule has 1 aliphatic heterocycles. The second-order valence-electron chi connectivity index (χ2n) is 6.85. The molecule has 0 radical (unpaired) electrons. The first kappa shape index (κ1) is 17.2. The predicted molar refractivity (Wildman–Crippen MR) is 99.2 cm³/mol. The lowest BCUT2D eigenvalue weighted by atomic mass is 10.1. The van der Waals surface area contributed by atoms with Gasteiger partial charge in [0.2, 0.25) is 0 Å². The van der Waals surface area contributed by atoms with Crippen molar-refractivity contribution in [2.24, 2.45) is 0 Å². The van der Waals surface area contributed by atoms with Crippen molar-refractivity contribution in [3.05, 3.63) is 71.6 Å². The molecule has 1 atom stereocenters. The Balaban J connectivity index is 1.50. The van der Waals surface area contributed by atoms with E-state index in [1.807, 2.05) is 18.2 Å². The fourth-order valence-corrected chi connectivity index (χ4v) is 3.57. The molecule has 0 aliphatic carbocycles. The quantitative estimate of drug-likeness (QED) is 0.769. The molecule has 1 aromatic carbocycles. The fourth-order valence-electron chi connectivity index (χ4n) is 3.57. The first-order chi connectivity index (χ1) is 13.1. The maximum atomic E-state index is 12.7. The minimum Gasteiger partial charge on any atom is -0.506 e. The van der Waals surface area contributed by atoms with Crippen LogP contribution in [0.1, 0.15) is 40.5 Å². The molecular formula is C20H21N5O2. The van der Waals surface area contributed by atoms with Gasteiger partial charge in [-0.1, -0.05) is 30.3 Å². The minimum atomic E-state index is -0.162. The first-order valence-electron chi connectivity index (χ1n) is 9.01. The molecule has 1 N–H and O–H groups in total. The monoisotopic (exact) mass is 363 g/mol. The van der Waals surface area contributed by atoms with E-state index in [0.717, 1.165) is 24.5 Å². The molecule has 0 saturated carbocycles. The number of carbonyl (C=O) groups excluding carboxylic acids is 1. The molecule has 4 rings (SSSR count). The molecule has 3 aromatic rings. The molecule has 7 heteroatoms. The van der Waals surface area contributed by atoms with Crippen LogP contribution in [0.15, 0.2) is 48.8 Å². The SMILES string of the molecule is C[C@H]1CN(C(=O)c2cncc(O)c2)Cc2nnc(CCc3ccccc3)n21. The van der Waals surface area contributed by atoms with E-state index in [4.69, 9.17) is 0 Å². The van der Waals surface area contributed by atoms with Crippen LogP contribution in [0.5, 0.6) is 5.75 Å². The van der Waals surface area contributed by atoms with E-state index < -0.39 is 0 Å². The summed E-state index contributed by atoms with van der Waals surface area (Å²) in [5.74, 6) is 1.56. The van der Waals surface area contributed by atoms with Gasteiger partial charge >= 0.3 is 0 Å². The maximum absolute atomic E-state index is 12.7. The number of rotatable bonds is 4. The molecule has 1 amide bonds. The number of nitrogens with zero attached hydrogens (tertiary/aromatic N) is 5. The summed E-state index contributed by atoms with van der Waals surface area (Å²) in [5.41, 5.74) is 1.64. The molecule has 0 unspecified atom stereocenters. The Morgan fingerprint density at radius 1 is 1.19 bits per heavy atom. The largest absolute Gasteiger partial charge is 0.506 e. The van der Waals surface area contributed by atoms with Gasteiger partial charge in [-0.2, -0.15) is 0 Å². The van der Waals surface area contributed by atoms with Gasteiger partial charge in [0.25, 0.3) is 5.91 Å². The Bertz CT molecular complexity index is 954. The van der Waals surface area contributed by atoms with Gasteiger partial charge in [-0.3, -0.25) is 9.78 Å². The number of amides is 1. The summed E-state index contributed by atoms with van der Waals surface area (Å²) in [5, 5.41) is 18.3. The summed E-state index contributed by atoms with van der Waals surface area (Å²) >= 11 is 0. The molecule has 138 valence electrons. The van der Waals surface area contributed by atoms with E-state index >= 15 is 0 Å². The predicted octanol–water partition coefficient (Wildman–Crippen LogP) is 2.38. The van der Waals surface area contributed by atoms with Crippen molar-refractivity contribution in [2.75, 3.05) is 6.54 Å². The zero-order valence-corrected chi connectivity index (χ0v) is 15.1. The molecule has 7 nitrogen and oxygen atoms in total. The average molecular weight is 363 g/mol. The minimum absolute atomic E-state index is 0.0164. The molecule has 0 bridgehead atoms. The number of hydrogen-bond donors (Lipinski definition) is 1. The first-order valence-corrected chi connectivity index (χ1v) is 9.01. The standard InChI is InChI=1S/C20H21N5O2/c1-14-12-24(20(27)16-9-17(26)11-21-10-16)13-19-23-22-18(25(14)19)8-7-15-5-3-2-4-6-15/h2-6,9-11,14,26H,7-8,12-13H2,1H3/t14-/m0/s1. The number of aryl methyl sites for hydroxylation is 2. The molecule has 3 heterocycles. The number of benzene rings is 1. The van der Waals surface area contributed by atoms with Gasteiger partial charge in [-0.25, -0.2) is 0 Å². The Morgan fingerprint density at radius 3 is 2.78 bits per heavy atom. The molecule has 0 spiro atoms. The molecular weight excluding hydrogens is 342 g/mol. The lowest BCUT2D eigenvalue weighted by molar-refractivity contribution is 0.0678. The van der Waals surface area contributed by atoms with Gasteiger partial charge in [0.05, 0.1) is 24.3 Å². The smallest absolute Gasteiger partial charge is 0.256 e. The van der Waals surface area contributed by atoms with Crippen molar-refractivity contribution in [1.29, 1.82) is 0 Å². The van der Waals surface area contributed by atoms with Crippen LogP contribution in [0, 0.1) is 0 Å². The van der Waals surface area contributed by atoms with Crippen molar-refractivity contribution < 1.29 is 9.90 Å². The molecule has 2 aromatic heterocycles. The van der Waals surface area contributed by atoms with Crippen LogP contribution in [-0.2, 0) is 19.4 Å². The molecule has 0 fully saturated rings. The van der Waals surface area contributed by atoms with Crippen LogP contribution < -0.4 is 0 Å². The van der Waals surface area contributed by atoms with E-state index in [-0.39, 0.29) is 17.7 Å². The van der Waals surface area contributed by atoms with Crippen molar-refractivity contribution in [2.45, 2.75) is 32.4 Å². The van der Waals surface area contributed by atoms with Gasteiger partial charge in [0, 0.05) is 19.2 Å². The Morgan fingerprint density at radius 2 is 2.00 bits per heavy atom. The molecule has 0 saturated heterocycles. The number of hydrogen-bond acceptors (Lipinski definition) is 5. The van der Waals surface area contributed by atoms with Gasteiger partial charge in [0.1, 0.15) is 11.6 Å². The second kappa shape index (κ2) is 7.19. The van der Waals surface area contributed by atoms with Crippen LogP contribution >= 0.6 is 0 Å². The molecule has 27 heavy (non-hydrogen) atoms. The van der Waals surface area contributed by atoms with Gasteiger partial charge < -0.3 is 14.6 Å². The van der Waals surface area contributed by atoms with Gasteiger partial charge in [-0.05, 0) is 25.0 Å². The number of aromatic hydroxyl groups is 1. The number of fused-ring (bicyclic) bond motifs is 1. The Hall–Kier alpha value is -3.22. The van der Waals surface area contributed by atoms with E-state index in [9.17, 15) is 9.90 Å². The Kier molecular flexibility index (Phi) is 4.58. The summed E-state index contributed by atoms with van der Waals surface area (Å²) in [6, 6.07) is 11.8. The number of aromatic nitrogens is 4. The van der Waals surface area contributed by atoms with E-state index in [1.54, 1.807) is 4.90 Å². The number of pyridine rings is 1. The van der Waals surface area contributed by atoms with Crippen molar-refractivity contribution >= 4 is 5.91 Å². The topological polar surface area (TPSA) is 84.1 Å². The van der Waals surface area contributed by atoms with Crippen LogP contribution in [0.4, 0.5) is 0 Å². The lowest BCUT2D eigenvalue weighted by Gasteiger charge is -2.32. The summed E-state index contributed by atoms with van der Waals surface area (Å²) in [6.45, 7) is 3.04. The zero-order chi connectivity index (χ0) is 18.8. The van der Waals surface area contributed by atoms with E-state index in [1.165, 1.54) is 24.0 Å². The zero-order valence-electron chi connectivity index (χ0n) is 15.1. The summed E-state index contributed by atoms with van der Waals surface area (Å²) in [7, 11) is 0. The van der Waals surface area contributed by atoms with Crippen molar-refractivity contribution in [3.8, 4) is 5.75 Å². The van der Waals surface area contributed by atoms with Crippen LogP contribution in [0.2, 0.25) is 0 Å².